The molecule has 0 heterocycles. The topological polar surface area (TPSA) is 0 Å². The summed E-state index contributed by atoms with van der Waals surface area (Å²) in [6.07, 6.45) is 9.93. The number of hydrogen-bond acceptors (Lipinski definition) is 0. The van der Waals surface area contributed by atoms with Crippen LogP contribution in [-0.4, -0.2) is 11.6 Å². The smallest absolute Gasteiger partial charge is 0.0163 e. The molecule has 0 radical (unpaired) electrons. The number of rotatable bonds is 15. The molecular formula is C46H48P2. The summed E-state index contributed by atoms with van der Waals surface area (Å²) >= 11 is 0. The second-order valence-corrected chi connectivity index (χ2v) is 19.2. The lowest BCUT2D eigenvalue weighted by molar-refractivity contribution is 0.610. The van der Waals surface area contributed by atoms with Crippen molar-refractivity contribution in [3.05, 3.63) is 182 Å². The average Bonchev–Trinajstić information content (AvgIpc) is 3.18. The van der Waals surface area contributed by atoms with E-state index in [2.05, 4.69) is 194 Å². The van der Waals surface area contributed by atoms with Crippen molar-refractivity contribution >= 4 is 57.2 Å². The lowest BCUT2D eigenvalue weighted by Crippen LogP contribution is -2.27. The van der Waals surface area contributed by atoms with E-state index in [0.717, 1.165) is 12.8 Å². The Hall–Kier alpha value is -4.08. The summed E-state index contributed by atoms with van der Waals surface area (Å²) < 4.78 is 0. The summed E-state index contributed by atoms with van der Waals surface area (Å²) in [5.41, 5.74) is 0. The minimum atomic E-state index is -1.84. The van der Waals surface area contributed by atoms with Crippen molar-refractivity contribution in [2.24, 2.45) is 0 Å². The van der Waals surface area contributed by atoms with Crippen molar-refractivity contribution in [3.8, 4) is 0 Å². The van der Waals surface area contributed by atoms with Crippen LogP contribution in [0.2, 0.25) is 0 Å². The Labute approximate surface area is 289 Å². The van der Waals surface area contributed by atoms with Crippen LogP contribution in [0.3, 0.4) is 0 Å². The maximum atomic E-state index is 2.70. The zero-order valence-corrected chi connectivity index (χ0v) is 29.8. The third-order valence-electron chi connectivity index (χ3n) is 9.44. The Morgan fingerprint density at radius 3 is 0.646 bits per heavy atom. The lowest BCUT2D eigenvalue weighted by Gasteiger charge is -2.29. The normalized spacial score (nSPS) is 11.6. The van der Waals surface area contributed by atoms with Crippen molar-refractivity contribution < 1.29 is 0 Å². The first kappa shape index (κ1) is 33.8. The highest BCUT2D eigenvalue weighted by molar-refractivity contribution is 7.94. The fourth-order valence-corrected chi connectivity index (χ4v) is 15.1. The molecule has 242 valence electrons. The van der Waals surface area contributed by atoms with Gasteiger partial charge in [0, 0.05) is 0 Å². The SMILES string of the molecule is C(CCCCCCCCC=P(c1ccccc1)(c1ccccc1)c1ccccc1)=P(c1ccccc1)(c1ccccc1)c1ccccc1. The van der Waals surface area contributed by atoms with E-state index in [1.165, 1.54) is 70.4 Å². The quantitative estimate of drug-likeness (QED) is 0.0759. The predicted molar refractivity (Wildman–Crippen MR) is 219 cm³/mol. The van der Waals surface area contributed by atoms with Crippen LogP contribution < -0.4 is 31.8 Å². The minimum Gasteiger partial charge on any atom is -0.0742 e. The van der Waals surface area contributed by atoms with Crippen molar-refractivity contribution in [3.63, 3.8) is 0 Å². The van der Waals surface area contributed by atoms with Crippen LogP contribution in [0.4, 0.5) is 0 Å². The highest BCUT2D eigenvalue weighted by Crippen LogP contribution is 2.45. The maximum Gasteiger partial charge on any atom is -0.0163 e. The van der Waals surface area contributed by atoms with Gasteiger partial charge in [-0.15, -0.1) is 0 Å². The molecule has 0 saturated carbocycles. The van der Waals surface area contributed by atoms with Crippen molar-refractivity contribution in [1.82, 2.24) is 0 Å². The molecule has 0 aromatic heterocycles. The zero-order valence-electron chi connectivity index (χ0n) is 28.0. The first-order chi connectivity index (χ1) is 23.8. The molecule has 0 spiro atoms. The molecular weight excluding hydrogens is 614 g/mol. The fourth-order valence-electron chi connectivity index (χ4n) is 7.07. The van der Waals surface area contributed by atoms with Gasteiger partial charge in [0.05, 0.1) is 0 Å². The van der Waals surface area contributed by atoms with Crippen LogP contribution >= 0.6 is 13.8 Å². The first-order valence-electron chi connectivity index (χ1n) is 17.6. The van der Waals surface area contributed by atoms with E-state index >= 15 is 0 Å². The van der Waals surface area contributed by atoms with Crippen LogP contribution in [0.15, 0.2) is 182 Å². The molecule has 0 amide bonds. The van der Waals surface area contributed by atoms with E-state index in [-0.39, 0.29) is 0 Å². The van der Waals surface area contributed by atoms with Crippen LogP contribution in [0.5, 0.6) is 0 Å². The second kappa shape index (κ2) is 17.4. The molecule has 0 N–H and O–H groups in total. The van der Waals surface area contributed by atoms with Gasteiger partial charge in [-0.2, -0.15) is 0 Å². The number of unbranched alkanes of at least 4 members (excludes halogenated alkanes) is 7. The molecule has 0 aliphatic heterocycles. The van der Waals surface area contributed by atoms with Crippen LogP contribution in [0, 0.1) is 0 Å². The van der Waals surface area contributed by atoms with Gasteiger partial charge in [0.25, 0.3) is 0 Å². The Kier molecular flexibility index (Phi) is 12.2. The summed E-state index contributed by atoms with van der Waals surface area (Å²) in [6.45, 7) is -3.68. The van der Waals surface area contributed by atoms with E-state index in [4.69, 9.17) is 0 Å². The largest absolute Gasteiger partial charge is 0.0742 e. The van der Waals surface area contributed by atoms with E-state index < -0.39 is 13.8 Å². The van der Waals surface area contributed by atoms with Gasteiger partial charge in [-0.25, -0.2) is 0 Å². The summed E-state index contributed by atoms with van der Waals surface area (Å²) in [5, 5.41) is 8.66. The molecule has 0 aliphatic rings. The highest BCUT2D eigenvalue weighted by atomic mass is 31.2. The molecule has 48 heavy (non-hydrogen) atoms. The third kappa shape index (κ3) is 7.79. The van der Waals surface area contributed by atoms with E-state index in [9.17, 15) is 0 Å². The second-order valence-electron chi connectivity index (χ2n) is 12.5. The average molecular weight is 663 g/mol. The Bertz CT molecular complexity index is 1550. The Morgan fingerprint density at radius 2 is 0.438 bits per heavy atom. The van der Waals surface area contributed by atoms with Crippen LogP contribution in [0.25, 0.3) is 0 Å². The maximum absolute atomic E-state index is 2.70. The fraction of sp³-hybridized carbons (Fsp3) is 0.174. The van der Waals surface area contributed by atoms with Crippen molar-refractivity contribution in [2.75, 3.05) is 0 Å². The van der Waals surface area contributed by atoms with Gasteiger partial charge in [-0.1, -0.05) is 219 Å². The molecule has 6 aromatic carbocycles. The van der Waals surface area contributed by atoms with E-state index in [1.54, 1.807) is 0 Å². The van der Waals surface area contributed by atoms with E-state index in [0.29, 0.717) is 0 Å². The molecule has 0 unspecified atom stereocenters. The predicted octanol–water partition coefficient (Wildman–Crippen LogP) is 9.70. The first-order valence-corrected chi connectivity index (χ1v) is 21.4. The van der Waals surface area contributed by atoms with Gasteiger partial charge in [-0.05, 0) is 71.3 Å². The van der Waals surface area contributed by atoms with Gasteiger partial charge in [0.1, 0.15) is 0 Å². The summed E-state index contributed by atoms with van der Waals surface area (Å²) in [6, 6.07) is 67.3. The highest BCUT2D eigenvalue weighted by Gasteiger charge is 2.25. The minimum absolute atomic E-state index is 1.14. The molecule has 0 aliphatic carbocycles. The molecule has 0 bridgehead atoms. The molecule has 0 fully saturated rings. The molecule has 0 atom stereocenters. The van der Waals surface area contributed by atoms with Gasteiger partial charge in [-0.3, -0.25) is 0 Å². The van der Waals surface area contributed by atoms with E-state index in [1.807, 2.05) is 0 Å². The molecule has 0 nitrogen and oxygen atoms in total. The van der Waals surface area contributed by atoms with Gasteiger partial charge >= 0.3 is 0 Å². The number of hydrogen-bond donors (Lipinski definition) is 0. The summed E-state index contributed by atoms with van der Waals surface area (Å²) in [5.74, 6) is 5.39. The van der Waals surface area contributed by atoms with Crippen molar-refractivity contribution in [1.29, 1.82) is 0 Å². The Morgan fingerprint density at radius 1 is 0.250 bits per heavy atom. The Balaban J connectivity index is 1.12. The summed E-state index contributed by atoms with van der Waals surface area (Å²) in [7, 11) is 0. The molecule has 2 heteroatoms. The molecule has 6 aromatic rings. The molecule has 0 saturated heterocycles. The standard InChI is InChI=1S/C46H48P2/c1(3-5-25-39-47(41-27-13-7-14-28-41,42-29-15-8-16-30-42)43-31-17-9-18-32-43)2-4-6-26-40-48(44-33-19-10-20-34-44,45-35-21-11-22-36-45)46-37-23-12-24-38-46/h7-24,27-40H,1-6,25-26H2. The van der Waals surface area contributed by atoms with Gasteiger partial charge in [0.15, 0.2) is 0 Å². The van der Waals surface area contributed by atoms with Crippen LogP contribution in [0.1, 0.15) is 51.4 Å². The van der Waals surface area contributed by atoms with Gasteiger partial charge in [0.2, 0.25) is 0 Å². The van der Waals surface area contributed by atoms with Crippen molar-refractivity contribution in [2.45, 2.75) is 51.4 Å². The monoisotopic (exact) mass is 662 g/mol. The number of benzene rings is 6. The lowest BCUT2D eigenvalue weighted by atomic mass is 10.1. The third-order valence-corrected chi connectivity index (χ3v) is 17.7. The summed E-state index contributed by atoms with van der Waals surface area (Å²) in [4.78, 5) is 0. The zero-order chi connectivity index (χ0) is 32.7. The van der Waals surface area contributed by atoms with Crippen LogP contribution in [-0.2, 0) is 0 Å². The molecule has 6 rings (SSSR count). The van der Waals surface area contributed by atoms with Gasteiger partial charge < -0.3 is 0 Å².